The summed E-state index contributed by atoms with van der Waals surface area (Å²) in [6.07, 6.45) is 2.11. The third-order valence-corrected chi connectivity index (χ3v) is 2.40. The van der Waals surface area contributed by atoms with Crippen LogP contribution >= 0.6 is 0 Å². The number of aryl methyl sites for hydroxylation is 1. The molecule has 1 heterocycles. The Hall–Kier alpha value is -0.591. The number of hydrogen-bond acceptors (Lipinski definition) is 1. The molecule has 1 aliphatic rings. The summed E-state index contributed by atoms with van der Waals surface area (Å²) >= 11 is 2.91. The molecule has 0 amide bonds. The summed E-state index contributed by atoms with van der Waals surface area (Å²) in [7, 11) is 0. The summed E-state index contributed by atoms with van der Waals surface area (Å²) in [5.74, 6) is 1.01. The van der Waals surface area contributed by atoms with Crippen LogP contribution in [0.15, 0.2) is 24.3 Å². The SMILES string of the molecule is [Se]=C1CCc2ccccc2O1. The van der Waals surface area contributed by atoms with E-state index in [1.54, 1.807) is 0 Å². The molecule has 0 aliphatic carbocycles. The molecule has 0 aromatic heterocycles. The van der Waals surface area contributed by atoms with Crippen LogP contribution in [-0.2, 0) is 6.42 Å². The molecule has 1 aromatic carbocycles. The van der Waals surface area contributed by atoms with E-state index >= 15 is 0 Å². The van der Waals surface area contributed by atoms with Crippen molar-refractivity contribution in [3.05, 3.63) is 29.8 Å². The van der Waals surface area contributed by atoms with Crippen molar-refractivity contribution >= 4 is 20.2 Å². The molecule has 0 fully saturated rings. The summed E-state index contributed by atoms with van der Waals surface area (Å²) in [6, 6.07) is 8.16. The van der Waals surface area contributed by atoms with Crippen LogP contribution in [0.1, 0.15) is 12.0 Å². The van der Waals surface area contributed by atoms with Crippen molar-refractivity contribution < 1.29 is 4.74 Å². The van der Waals surface area contributed by atoms with Gasteiger partial charge < -0.3 is 0 Å². The van der Waals surface area contributed by atoms with Gasteiger partial charge in [0.15, 0.2) is 0 Å². The summed E-state index contributed by atoms with van der Waals surface area (Å²) in [4.78, 5) is 0. The van der Waals surface area contributed by atoms with Crippen molar-refractivity contribution in [2.45, 2.75) is 12.8 Å². The molecule has 0 atom stereocenters. The second-order valence-corrected chi connectivity index (χ2v) is 3.54. The Kier molecular flexibility index (Phi) is 1.80. The Morgan fingerprint density at radius 3 is 2.91 bits per heavy atom. The average molecular weight is 211 g/mol. The summed E-state index contributed by atoms with van der Waals surface area (Å²) < 4.78 is 6.50. The van der Waals surface area contributed by atoms with Gasteiger partial charge in [0.1, 0.15) is 0 Å². The van der Waals surface area contributed by atoms with Gasteiger partial charge in [-0.15, -0.1) is 0 Å². The van der Waals surface area contributed by atoms with Gasteiger partial charge in [-0.05, 0) is 0 Å². The molecular formula is C9H8OSe. The molecule has 11 heavy (non-hydrogen) atoms. The fourth-order valence-corrected chi connectivity index (χ4v) is 1.62. The third kappa shape index (κ3) is 1.37. The molecule has 0 radical (unpaired) electrons. The van der Waals surface area contributed by atoms with Crippen molar-refractivity contribution in [3.63, 3.8) is 0 Å². The molecular weight excluding hydrogens is 203 g/mol. The molecule has 0 bridgehead atoms. The number of benzene rings is 1. The topological polar surface area (TPSA) is 9.23 Å². The van der Waals surface area contributed by atoms with Crippen LogP contribution in [0.3, 0.4) is 0 Å². The predicted molar refractivity (Wildman–Crippen MR) is 46.2 cm³/mol. The number of hydrogen-bond donors (Lipinski definition) is 0. The van der Waals surface area contributed by atoms with E-state index in [9.17, 15) is 0 Å². The van der Waals surface area contributed by atoms with Crippen LogP contribution < -0.4 is 4.74 Å². The Morgan fingerprint density at radius 1 is 1.18 bits per heavy atom. The zero-order valence-electron chi connectivity index (χ0n) is 6.04. The van der Waals surface area contributed by atoms with Crippen molar-refractivity contribution in [1.29, 1.82) is 0 Å². The van der Waals surface area contributed by atoms with Gasteiger partial charge in [0.2, 0.25) is 0 Å². The zero-order chi connectivity index (χ0) is 7.68. The fraction of sp³-hybridized carbons (Fsp3) is 0.222. The Labute approximate surface area is 73.7 Å². The van der Waals surface area contributed by atoms with Crippen LogP contribution in [0.25, 0.3) is 0 Å². The molecule has 0 saturated carbocycles. The van der Waals surface area contributed by atoms with E-state index in [0.29, 0.717) is 0 Å². The minimum atomic E-state index is 1.00. The predicted octanol–water partition coefficient (Wildman–Crippen LogP) is 1.31. The molecule has 0 N–H and O–H groups in total. The van der Waals surface area contributed by atoms with E-state index in [2.05, 4.69) is 21.6 Å². The maximum atomic E-state index is 5.49. The monoisotopic (exact) mass is 212 g/mol. The first-order valence-corrected chi connectivity index (χ1v) is 4.50. The van der Waals surface area contributed by atoms with E-state index in [-0.39, 0.29) is 0 Å². The van der Waals surface area contributed by atoms with Crippen molar-refractivity contribution in [2.75, 3.05) is 0 Å². The second kappa shape index (κ2) is 2.80. The normalized spacial score (nSPS) is 15.5. The van der Waals surface area contributed by atoms with Crippen molar-refractivity contribution in [2.24, 2.45) is 0 Å². The first-order valence-electron chi connectivity index (χ1n) is 3.65. The molecule has 0 unspecified atom stereocenters. The molecule has 1 aliphatic heterocycles. The summed E-state index contributed by atoms with van der Waals surface area (Å²) in [5.41, 5.74) is 1.31. The van der Waals surface area contributed by atoms with E-state index in [1.807, 2.05) is 18.2 Å². The van der Waals surface area contributed by atoms with E-state index in [1.165, 1.54) is 5.56 Å². The standard InChI is InChI=1S/C9H8OSe/c11-9-6-5-7-3-1-2-4-8(7)10-9/h1-4H,5-6H2. The van der Waals surface area contributed by atoms with Crippen LogP contribution in [0.4, 0.5) is 0 Å². The fourth-order valence-electron chi connectivity index (χ4n) is 1.22. The molecule has 2 heteroatoms. The Balaban J connectivity index is 2.41. The zero-order valence-corrected chi connectivity index (χ0v) is 7.75. The Bertz CT molecular complexity index is 293. The van der Waals surface area contributed by atoms with Crippen LogP contribution in [0, 0.1) is 0 Å². The van der Waals surface area contributed by atoms with Gasteiger partial charge in [0.25, 0.3) is 0 Å². The van der Waals surface area contributed by atoms with Gasteiger partial charge in [-0.25, -0.2) is 0 Å². The van der Waals surface area contributed by atoms with Gasteiger partial charge in [-0.2, -0.15) is 0 Å². The number of rotatable bonds is 0. The van der Waals surface area contributed by atoms with Gasteiger partial charge >= 0.3 is 73.3 Å². The van der Waals surface area contributed by atoms with E-state index < -0.39 is 0 Å². The average Bonchev–Trinajstić information content (AvgIpc) is 2.04. The maximum absolute atomic E-state index is 5.49. The quantitative estimate of drug-likeness (QED) is 0.588. The van der Waals surface area contributed by atoms with Crippen LogP contribution in [0.5, 0.6) is 5.75 Å². The molecule has 1 nitrogen and oxygen atoms in total. The first kappa shape index (κ1) is 7.08. The first-order chi connectivity index (χ1) is 5.36. The Morgan fingerprint density at radius 2 is 2.00 bits per heavy atom. The number of ether oxygens (including phenoxy) is 1. The van der Waals surface area contributed by atoms with Gasteiger partial charge in [-0.1, -0.05) is 0 Å². The molecule has 1 aromatic rings. The van der Waals surface area contributed by atoms with Gasteiger partial charge in [0, 0.05) is 0 Å². The van der Waals surface area contributed by atoms with Gasteiger partial charge in [0.05, 0.1) is 0 Å². The second-order valence-electron chi connectivity index (χ2n) is 2.58. The van der Waals surface area contributed by atoms with Crippen LogP contribution in [0.2, 0.25) is 0 Å². The molecule has 56 valence electrons. The third-order valence-electron chi connectivity index (χ3n) is 1.79. The summed E-state index contributed by atoms with van der Waals surface area (Å²) in [6.45, 7) is 0. The van der Waals surface area contributed by atoms with Crippen molar-refractivity contribution in [1.82, 2.24) is 0 Å². The number of para-hydroxylation sites is 1. The number of fused-ring (bicyclic) bond motifs is 1. The minimum absolute atomic E-state index is 1.00. The van der Waals surface area contributed by atoms with Crippen LogP contribution in [-0.4, -0.2) is 20.2 Å². The summed E-state index contributed by atoms with van der Waals surface area (Å²) in [5, 5.41) is 0. The van der Waals surface area contributed by atoms with Gasteiger partial charge in [-0.3, -0.25) is 0 Å². The van der Waals surface area contributed by atoms with Crippen molar-refractivity contribution in [3.8, 4) is 5.75 Å². The molecule has 0 spiro atoms. The van der Waals surface area contributed by atoms with E-state index in [0.717, 1.165) is 23.2 Å². The molecule has 0 saturated heterocycles. The van der Waals surface area contributed by atoms with E-state index in [4.69, 9.17) is 4.74 Å². The molecule has 2 rings (SSSR count).